The molecule has 0 saturated carbocycles. The van der Waals surface area contributed by atoms with Gasteiger partial charge in [0.05, 0.1) is 0 Å². The molecule has 0 aromatic heterocycles. The molecule has 0 rings (SSSR count). The van der Waals surface area contributed by atoms with E-state index in [1.54, 1.807) is 19.0 Å². The van der Waals surface area contributed by atoms with Crippen LogP contribution in [0.25, 0.3) is 0 Å². The minimum atomic E-state index is 0.0405. The second-order valence-corrected chi connectivity index (χ2v) is 4.71. The van der Waals surface area contributed by atoms with Crippen LogP contribution in [0.5, 0.6) is 0 Å². The Hall–Kier alpha value is -0.500. The monoisotopic (exact) mass is 217 g/mol. The lowest BCUT2D eigenvalue weighted by Gasteiger charge is -2.22. The fourth-order valence-electron chi connectivity index (χ4n) is 1.28. The molecule has 1 unspecified atom stereocenters. The second-order valence-electron chi connectivity index (χ2n) is 4.11. The average Bonchev–Trinajstić information content (AvgIpc) is 2.02. The molecule has 0 aliphatic heterocycles. The summed E-state index contributed by atoms with van der Waals surface area (Å²) >= 11 is 5.75. The largest absolute Gasteiger partial charge is 0.349 e. The lowest BCUT2D eigenvalue weighted by atomic mass is 9.91. The smallest absolute Gasteiger partial charge is 0.225 e. The molecular weight excluding hydrogens is 198 g/mol. The number of hydrogen-bond donors (Lipinski definition) is 0. The molecule has 0 saturated heterocycles. The molecule has 0 aliphatic rings. The first-order valence-corrected chi connectivity index (χ1v) is 5.27. The standard InChI is InChI=1S/C11H20ClNO/c1-8(2)10(7-6-9(3)12)11(14)13(4)5/h6,8,10H,7H2,1-5H3/b9-6-. The number of carbonyl (C=O) groups is 1. The molecule has 14 heavy (non-hydrogen) atoms. The molecule has 0 aromatic rings. The Bertz CT molecular complexity index is 217. The molecule has 1 amide bonds. The minimum Gasteiger partial charge on any atom is -0.349 e. The second kappa shape index (κ2) is 6.07. The van der Waals surface area contributed by atoms with Crippen LogP contribution in [-0.2, 0) is 4.79 Å². The van der Waals surface area contributed by atoms with Crippen LogP contribution in [0.4, 0.5) is 0 Å². The third kappa shape index (κ3) is 4.66. The summed E-state index contributed by atoms with van der Waals surface area (Å²) in [5.74, 6) is 0.560. The van der Waals surface area contributed by atoms with Crippen LogP contribution in [0.2, 0.25) is 0 Å². The molecule has 2 nitrogen and oxygen atoms in total. The summed E-state index contributed by atoms with van der Waals surface area (Å²) < 4.78 is 0. The maximum absolute atomic E-state index is 11.8. The Morgan fingerprint density at radius 1 is 1.43 bits per heavy atom. The van der Waals surface area contributed by atoms with Crippen molar-refractivity contribution in [1.29, 1.82) is 0 Å². The molecule has 0 radical (unpaired) electrons. The van der Waals surface area contributed by atoms with E-state index >= 15 is 0 Å². The molecule has 0 aromatic carbocycles. The molecule has 0 aliphatic carbocycles. The maximum atomic E-state index is 11.8. The third-order valence-electron chi connectivity index (χ3n) is 2.22. The van der Waals surface area contributed by atoms with E-state index in [2.05, 4.69) is 13.8 Å². The predicted octanol–water partition coefficient (Wildman–Crippen LogP) is 2.88. The van der Waals surface area contributed by atoms with Gasteiger partial charge in [0.1, 0.15) is 0 Å². The molecule has 0 heterocycles. The zero-order valence-corrected chi connectivity index (χ0v) is 10.4. The van der Waals surface area contributed by atoms with E-state index in [0.29, 0.717) is 5.92 Å². The van der Waals surface area contributed by atoms with Gasteiger partial charge in [-0.15, -0.1) is 0 Å². The van der Waals surface area contributed by atoms with Gasteiger partial charge in [0.15, 0.2) is 0 Å². The SMILES string of the molecule is C/C(Cl)=C/CC(C(=O)N(C)C)C(C)C. The number of hydrogen-bond acceptors (Lipinski definition) is 1. The summed E-state index contributed by atoms with van der Waals surface area (Å²) in [7, 11) is 3.57. The van der Waals surface area contributed by atoms with Gasteiger partial charge in [-0.3, -0.25) is 4.79 Å². The summed E-state index contributed by atoms with van der Waals surface area (Å²) in [5.41, 5.74) is 0. The van der Waals surface area contributed by atoms with Crippen molar-refractivity contribution in [2.24, 2.45) is 11.8 Å². The molecule has 82 valence electrons. The molecule has 1 atom stereocenters. The number of nitrogens with zero attached hydrogens (tertiary/aromatic N) is 1. The van der Waals surface area contributed by atoms with E-state index in [1.807, 2.05) is 13.0 Å². The van der Waals surface area contributed by atoms with Crippen LogP contribution in [0.3, 0.4) is 0 Å². The van der Waals surface area contributed by atoms with Gasteiger partial charge in [-0.05, 0) is 19.3 Å². The summed E-state index contributed by atoms with van der Waals surface area (Å²) in [4.78, 5) is 13.4. The van der Waals surface area contributed by atoms with Crippen molar-refractivity contribution in [3.8, 4) is 0 Å². The minimum absolute atomic E-state index is 0.0405. The molecule has 0 N–H and O–H groups in total. The fourth-order valence-corrected chi connectivity index (χ4v) is 1.37. The van der Waals surface area contributed by atoms with Crippen molar-refractivity contribution < 1.29 is 4.79 Å². The van der Waals surface area contributed by atoms with Crippen molar-refractivity contribution in [2.75, 3.05) is 14.1 Å². The Kier molecular flexibility index (Phi) is 5.86. The Morgan fingerprint density at radius 2 is 1.93 bits per heavy atom. The van der Waals surface area contributed by atoms with Crippen molar-refractivity contribution in [1.82, 2.24) is 4.90 Å². The average molecular weight is 218 g/mol. The van der Waals surface area contributed by atoms with E-state index in [4.69, 9.17) is 11.6 Å². The number of halogens is 1. The highest BCUT2D eigenvalue weighted by Gasteiger charge is 2.22. The summed E-state index contributed by atoms with van der Waals surface area (Å²) in [5, 5.41) is 0.752. The van der Waals surface area contributed by atoms with Gasteiger partial charge in [0, 0.05) is 25.0 Å². The highest BCUT2D eigenvalue weighted by Crippen LogP contribution is 2.19. The quantitative estimate of drug-likeness (QED) is 0.709. The Balaban J connectivity index is 4.45. The molecule has 3 heteroatoms. The van der Waals surface area contributed by atoms with E-state index in [0.717, 1.165) is 11.5 Å². The number of allylic oxidation sites excluding steroid dienone is 2. The van der Waals surface area contributed by atoms with Gasteiger partial charge in [-0.25, -0.2) is 0 Å². The van der Waals surface area contributed by atoms with Gasteiger partial charge >= 0.3 is 0 Å². The topological polar surface area (TPSA) is 20.3 Å². The Labute approximate surface area is 91.9 Å². The van der Waals surface area contributed by atoms with Crippen LogP contribution in [0, 0.1) is 11.8 Å². The third-order valence-corrected chi connectivity index (χ3v) is 2.37. The zero-order valence-electron chi connectivity index (χ0n) is 9.67. The van der Waals surface area contributed by atoms with Crippen LogP contribution in [-0.4, -0.2) is 24.9 Å². The van der Waals surface area contributed by atoms with Crippen molar-refractivity contribution in [2.45, 2.75) is 27.2 Å². The molecule has 0 fully saturated rings. The first-order valence-electron chi connectivity index (χ1n) is 4.89. The predicted molar refractivity (Wildman–Crippen MR) is 61.2 cm³/mol. The number of amides is 1. The maximum Gasteiger partial charge on any atom is 0.225 e. The van der Waals surface area contributed by atoms with Gasteiger partial charge in [0.2, 0.25) is 5.91 Å². The van der Waals surface area contributed by atoms with Crippen LogP contribution >= 0.6 is 11.6 Å². The normalized spacial score (nSPS) is 14.4. The molecule has 0 bridgehead atoms. The first-order chi connectivity index (χ1) is 6.36. The Morgan fingerprint density at radius 3 is 2.21 bits per heavy atom. The van der Waals surface area contributed by atoms with Crippen molar-refractivity contribution in [3.05, 3.63) is 11.1 Å². The van der Waals surface area contributed by atoms with Gasteiger partial charge < -0.3 is 4.90 Å². The van der Waals surface area contributed by atoms with Crippen LogP contribution in [0.1, 0.15) is 27.2 Å². The van der Waals surface area contributed by atoms with Gasteiger partial charge in [0.25, 0.3) is 0 Å². The molecular formula is C11H20ClNO. The van der Waals surface area contributed by atoms with Crippen LogP contribution in [0.15, 0.2) is 11.1 Å². The van der Waals surface area contributed by atoms with E-state index in [1.165, 1.54) is 0 Å². The fraction of sp³-hybridized carbons (Fsp3) is 0.727. The first kappa shape index (κ1) is 13.5. The van der Waals surface area contributed by atoms with Crippen molar-refractivity contribution >= 4 is 17.5 Å². The summed E-state index contributed by atoms with van der Waals surface area (Å²) in [6, 6.07) is 0. The lowest BCUT2D eigenvalue weighted by molar-refractivity contribution is -0.134. The van der Waals surface area contributed by atoms with E-state index < -0.39 is 0 Å². The zero-order chi connectivity index (χ0) is 11.3. The van der Waals surface area contributed by atoms with Crippen molar-refractivity contribution in [3.63, 3.8) is 0 Å². The van der Waals surface area contributed by atoms with Crippen LogP contribution < -0.4 is 0 Å². The van der Waals surface area contributed by atoms with Gasteiger partial charge in [-0.2, -0.15) is 0 Å². The summed E-state index contributed by atoms with van der Waals surface area (Å²) in [6.45, 7) is 5.95. The van der Waals surface area contributed by atoms with E-state index in [9.17, 15) is 4.79 Å². The number of rotatable bonds is 4. The summed E-state index contributed by atoms with van der Waals surface area (Å²) in [6.07, 6.45) is 2.64. The highest BCUT2D eigenvalue weighted by atomic mass is 35.5. The van der Waals surface area contributed by atoms with Gasteiger partial charge in [-0.1, -0.05) is 31.5 Å². The number of carbonyl (C=O) groups excluding carboxylic acids is 1. The van der Waals surface area contributed by atoms with E-state index in [-0.39, 0.29) is 11.8 Å². The lowest BCUT2D eigenvalue weighted by Crippen LogP contribution is -2.32. The highest BCUT2D eigenvalue weighted by molar-refractivity contribution is 6.29. The molecule has 0 spiro atoms.